The third-order valence-corrected chi connectivity index (χ3v) is 7.66. The number of pyridine rings is 1. The molecule has 2 fully saturated rings. The number of hydrogen-bond acceptors (Lipinski definition) is 8. The average molecular weight is 567 g/mol. The van der Waals surface area contributed by atoms with Gasteiger partial charge < -0.3 is 35.1 Å². The Labute approximate surface area is 241 Å². The smallest absolute Gasteiger partial charge is 0.253 e. The normalized spacial score (nSPS) is 16.2. The van der Waals surface area contributed by atoms with E-state index in [9.17, 15) is 24.6 Å². The van der Waals surface area contributed by atoms with Crippen LogP contribution in [-0.2, 0) is 4.79 Å². The van der Waals surface area contributed by atoms with Crippen LogP contribution in [0.25, 0.3) is 0 Å². The minimum Gasteiger partial charge on any atom is -0.395 e. The van der Waals surface area contributed by atoms with Gasteiger partial charge in [0.25, 0.3) is 11.8 Å². The molecule has 2 aromatic rings. The summed E-state index contributed by atoms with van der Waals surface area (Å²) in [7, 11) is 0. The molecule has 2 saturated heterocycles. The van der Waals surface area contributed by atoms with Crippen molar-refractivity contribution >= 4 is 29.2 Å². The molecule has 11 heteroatoms. The summed E-state index contributed by atoms with van der Waals surface area (Å²) in [6, 6.07) is 11.1. The van der Waals surface area contributed by atoms with E-state index < -0.39 is 0 Å². The molecule has 0 spiro atoms. The van der Waals surface area contributed by atoms with E-state index in [4.69, 9.17) is 0 Å². The summed E-state index contributed by atoms with van der Waals surface area (Å²) in [6.45, 7) is 7.70. The summed E-state index contributed by atoms with van der Waals surface area (Å²) in [5.41, 5.74) is 2.05. The Morgan fingerprint density at radius 3 is 1.93 bits per heavy atom. The molecular formula is C30H42N6O5. The van der Waals surface area contributed by atoms with Crippen molar-refractivity contribution in [3.05, 3.63) is 53.7 Å². The summed E-state index contributed by atoms with van der Waals surface area (Å²) in [4.78, 5) is 50.9. The first-order valence-corrected chi connectivity index (χ1v) is 14.5. The van der Waals surface area contributed by atoms with Gasteiger partial charge in [0.15, 0.2) is 5.82 Å². The van der Waals surface area contributed by atoms with E-state index in [1.54, 1.807) is 35.4 Å². The minimum atomic E-state index is -0.228. The topological polar surface area (TPSA) is 130 Å². The fourth-order valence-electron chi connectivity index (χ4n) is 5.48. The van der Waals surface area contributed by atoms with Gasteiger partial charge in [0.1, 0.15) is 0 Å². The molecule has 0 saturated carbocycles. The van der Waals surface area contributed by atoms with Gasteiger partial charge in [-0.15, -0.1) is 0 Å². The molecule has 3 N–H and O–H groups in total. The van der Waals surface area contributed by atoms with E-state index in [1.807, 2.05) is 17.0 Å². The van der Waals surface area contributed by atoms with Crippen LogP contribution in [0.5, 0.6) is 0 Å². The second-order valence-electron chi connectivity index (χ2n) is 10.9. The minimum absolute atomic E-state index is 0.0557. The van der Waals surface area contributed by atoms with Crippen molar-refractivity contribution in [3.63, 3.8) is 0 Å². The summed E-state index contributed by atoms with van der Waals surface area (Å²) in [5.74, 6) is 0.411. The number of piperidine rings is 1. The van der Waals surface area contributed by atoms with Crippen LogP contribution in [0.15, 0.2) is 42.6 Å². The van der Waals surface area contributed by atoms with Gasteiger partial charge in [-0.2, -0.15) is 0 Å². The Morgan fingerprint density at radius 2 is 1.41 bits per heavy atom. The second-order valence-corrected chi connectivity index (χ2v) is 10.9. The lowest BCUT2D eigenvalue weighted by atomic mass is 9.94. The van der Waals surface area contributed by atoms with Crippen molar-refractivity contribution in [2.24, 2.45) is 5.92 Å². The first-order chi connectivity index (χ1) is 19.8. The third kappa shape index (κ3) is 7.53. The predicted octanol–water partition coefficient (Wildman–Crippen LogP) is 1.53. The zero-order valence-corrected chi connectivity index (χ0v) is 24.0. The molecule has 1 aromatic heterocycles. The summed E-state index contributed by atoms with van der Waals surface area (Å²) >= 11 is 0. The standard InChI is InChI=1S/C30H42N6O5/c1-22(2)32-26-4-3-11-31-27(26)33-14-16-35(17-15-33)29(40)24-7-5-23(6-8-24)28(39)34-12-9-25(10-13-34)30(41)36(18-20-37)19-21-38/h3-8,11,22,25,32,37-38H,9-10,12-21H2,1-2H3. The molecule has 0 bridgehead atoms. The second kappa shape index (κ2) is 14.3. The number of carbonyl (C=O) groups is 3. The molecule has 222 valence electrons. The van der Waals surface area contributed by atoms with Crippen LogP contribution in [0.2, 0.25) is 0 Å². The number of nitrogens with one attached hydrogen (secondary N) is 1. The molecule has 2 aliphatic heterocycles. The quantitative estimate of drug-likeness (QED) is 0.395. The summed E-state index contributed by atoms with van der Waals surface area (Å²) in [5, 5.41) is 21.9. The first-order valence-electron chi connectivity index (χ1n) is 14.5. The van der Waals surface area contributed by atoms with Crippen LogP contribution in [0.3, 0.4) is 0 Å². The average Bonchev–Trinajstić information content (AvgIpc) is 3.00. The number of amides is 3. The molecule has 0 radical (unpaired) electrons. The van der Waals surface area contributed by atoms with Crippen LogP contribution in [-0.4, -0.2) is 119 Å². The molecule has 1 aromatic carbocycles. The lowest BCUT2D eigenvalue weighted by Crippen LogP contribution is -2.49. The number of carbonyl (C=O) groups excluding carboxylic acids is 3. The van der Waals surface area contributed by atoms with Gasteiger partial charge in [-0.3, -0.25) is 14.4 Å². The fourth-order valence-corrected chi connectivity index (χ4v) is 5.48. The lowest BCUT2D eigenvalue weighted by molar-refractivity contribution is -0.138. The molecule has 3 amide bonds. The maximum absolute atomic E-state index is 13.2. The van der Waals surface area contributed by atoms with Crippen LogP contribution in [0, 0.1) is 5.92 Å². The fraction of sp³-hybridized carbons (Fsp3) is 0.533. The van der Waals surface area contributed by atoms with Crippen molar-refractivity contribution in [2.45, 2.75) is 32.7 Å². The van der Waals surface area contributed by atoms with Crippen LogP contribution in [0.4, 0.5) is 11.5 Å². The van der Waals surface area contributed by atoms with Crippen molar-refractivity contribution in [2.75, 3.05) is 75.8 Å². The number of hydrogen-bond donors (Lipinski definition) is 3. The number of piperazine rings is 1. The van der Waals surface area contributed by atoms with Gasteiger partial charge >= 0.3 is 0 Å². The van der Waals surface area contributed by atoms with Crippen LogP contribution >= 0.6 is 0 Å². The first kappa shape index (κ1) is 30.3. The van der Waals surface area contributed by atoms with Crippen molar-refractivity contribution < 1.29 is 24.6 Å². The number of aliphatic hydroxyl groups excluding tert-OH is 2. The molecule has 0 aliphatic carbocycles. The zero-order valence-electron chi connectivity index (χ0n) is 24.0. The molecular weight excluding hydrogens is 524 g/mol. The monoisotopic (exact) mass is 566 g/mol. The molecule has 0 atom stereocenters. The molecule has 3 heterocycles. The third-order valence-electron chi connectivity index (χ3n) is 7.66. The van der Waals surface area contributed by atoms with Gasteiger partial charge in [-0.25, -0.2) is 4.98 Å². The Kier molecular flexibility index (Phi) is 10.5. The molecule has 0 unspecified atom stereocenters. The molecule has 11 nitrogen and oxygen atoms in total. The highest BCUT2D eigenvalue weighted by Crippen LogP contribution is 2.25. The number of nitrogens with zero attached hydrogens (tertiary/aromatic N) is 5. The van der Waals surface area contributed by atoms with E-state index in [2.05, 4.69) is 29.0 Å². The highest BCUT2D eigenvalue weighted by Gasteiger charge is 2.31. The Bertz CT molecular complexity index is 1170. The number of benzene rings is 1. The Balaban J connectivity index is 1.29. The number of likely N-dealkylation sites (tertiary alicyclic amines) is 1. The number of aliphatic hydroxyl groups is 2. The summed E-state index contributed by atoms with van der Waals surface area (Å²) < 4.78 is 0. The van der Waals surface area contributed by atoms with E-state index in [-0.39, 0.29) is 56.0 Å². The van der Waals surface area contributed by atoms with Crippen molar-refractivity contribution in [1.29, 1.82) is 0 Å². The van der Waals surface area contributed by atoms with Crippen LogP contribution in [0.1, 0.15) is 47.4 Å². The molecule has 41 heavy (non-hydrogen) atoms. The Hall–Kier alpha value is -3.70. The zero-order chi connectivity index (χ0) is 29.4. The summed E-state index contributed by atoms with van der Waals surface area (Å²) in [6.07, 6.45) is 2.86. The molecule has 2 aliphatic rings. The lowest BCUT2D eigenvalue weighted by Gasteiger charge is -2.36. The van der Waals surface area contributed by atoms with Crippen molar-refractivity contribution in [3.8, 4) is 0 Å². The predicted molar refractivity (Wildman–Crippen MR) is 157 cm³/mol. The van der Waals surface area contributed by atoms with Gasteiger partial charge in [-0.1, -0.05) is 0 Å². The van der Waals surface area contributed by atoms with Gasteiger partial charge in [0.05, 0.1) is 18.9 Å². The maximum atomic E-state index is 13.2. The number of anilines is 2. The van der Waals surface area contributed by atoms with E-state index in [0.29, 0.717) is 63.2 Å². The van der Waals surface area contributed by atoms with E-state index in [1.165, 1.54) is 4.90 Å². The van der Waals surface area contributed by atoms with Crippen LogP contribution < -0.4 is 10.2 Å². The Morgan fingerprint density at radius 1 is 0.878 bits per heavy atom. The van der Waals surface area contributed by atoms with Gasteiger partial charge in [-0.05, 0) is 63.1 Å². The number of rotatable bonds is 10. The maximum Gasteiger partial charge on any atom is 0.253 e. The number of aromatic nitrogens is 1. The largest absolute Gasteiger partial charge is 0.395 e. The highest BCUT2D eigenvalue weighted by molar-refractivity contribution is 5.98. The van der Waals surface area contributed by atoms with E-state index >= 15 is 0 Å². The van der Waals surface area contributed by atoms with Gasteiger partial charge in [0.2, 0.25) is 5.91 Å². The van der Waals surface area contributed by atoms with Gasteiger partial charge in [0, 0.05) is 81.6 Å². The van der Waals surface area contributed by atoms with E-state index in [0.717, 1.165) is 11.5 Å². The molecule has 4 rings (SSSR count). The highest BCUT2D eigenvalue weighted by atomic mass is 16.3. The van der Waals surface area contributed by atoms with Crippen molar-refractivity contribution in [1.82, 2.24) is 19.7 Å². The SMILES string of the molecule is CC(C)Nc1cccnc1N1CCN(C(=O)c2ccc(C(=O)N3CCC(C(=O)N(CCO)CCO)CC3)cc2)CC1.